The zero-order chi connectivity index (χ0) is 16.8. The molecule has 1 saturated heterocycles. The summed E-state index contributed by atoms with van der Waals surface area (Å²) in [6, 6.07) is 7.22. The first-order valence-electron chi connectivity index (χ1n) is 8.13. The Morgan fingerprint density at radius 3 is 2.65 bits per heavy atom. The fraction of sp³-hybridized carbons (Fsp3) is 0.556. The second-order valence-electron chi connectivity index (χ2n) is 7.03. The van der Waals surface area contributed by atoms with Gasteiger partial charge in [-0.1, -0.05) is 25.1 Å². The summed E-state index contributed by atoms with van der Waals surface area (Å²) >= 11 is 0. The van der Waals surface area contributed by atoms with Crippen LogP contribution in [0.4, 0.5) is 5.69 Å². The first-order chi connectivity index (χ1) is 10.8. The lowest BCUT2D eigenvalue weighted by atomic mass is 9.82. The third kappa shape index (κ3) is 2.48. The highest BCUT2D eigenvalue weighted by atomic mass is 16.5. The van der Waals surface area contributed by atoms with Crippen LogP contribution in [0.5, 0.6) is 0 Å². The van der Waals surface area contributed by atoms with E-state index in [4.69, 9.17) is 4.74 Å². The summed E-state index contributed by atoms with van der Waals surface area (Å²) in [7, 11) is 0. The Kier molecular flexibility index (Phi) is 3.81. The van der Waals surface area contributed by atoms with Gasteiger partial charge in [-0.05, 0) is 26.3 Å². The molecule has 5 heteroatoms. The number of hydrogen-bond acceptors (Lipinski definition) is 4. The first kappa shape index (κ1) is 16.1. The Morgan fingerprint density at radius 1 is 1.30 bits per heavy atom. The lowest BCUT2D eigenvalue weighted by Gasteiger charge is -2.41. The van der Waals surface area contributed by atoms with E-state index in [1.165, 1.54) is 0 Å². The van der Waals surface area contributed by atoms with Crippen LogP contribution >= 0.6 is 0 Å². The highest BCUT2D eigenvalue weighted by molar-refractivity contribution is 6.07. The van der Waals surface area contributed by atoms with E-state index in [1.54, 1.807) is 17.0 Å². The molecule has 1 aromatic carbocycles. The molecule has 1 amide bonds. The molecule has 2 heterocycles. The van der Waals surface area contributed by atoms with Crippen molar-refractivity contribution < 1.29 is 19.4 Å². The molecule has 2 atom stereocenters. The second kappa shape index (κ2) is 5.42. The first-order valence-corrected chi connectivity index (χ1v) is 8.13. The van der Waals surface area contributed by atoms with E-state index < -0.39 is 23.2 Å². The SMILES string of the molecule is CCCN1C(=O)[C@@](O)([C@@H]2CC(=O)CC(C)(C)O2)c2ccccc21. The molecule has 2 aliphatic heterocycles. The summed E-state index contributed by atoms with van der Waals surface area (Å²) in [6.45, 7) is 6.14. The van der Waals surface area contributed by atoms with Gasteiger partial charge in [0.05, 0.1) is 11.3 Å². The molecule has 3 rings (SSSR count). The zero-order valence-corrected chi connectivity index (χ0v) is 13.8. The molecule has 0 unspecified atom stereocenters. The van der Waals surface area contributed by atoms with Crippen LogP contribution in [0, 0.1) is 0 Å². The molecule has 23 heavy (non-hydrogen) atoms. The summed E-state index contributed by atoms with van der Waals surface area (Å²) in [5.74, 6) is -0.380. The average Bonchev–Trinajstić information content (AvgIpc) is 2.69. The van der Waals surface area contributed by atoms with Crippen molar-refractivity contribution >= 4 is 17.4 Å². The predicted octanol–water partition coefficient (Wildman–Crippen LogP) is 2.16. The van der Waals surface area contributed by atoms with Crippen LogP contribution in [0.2, 0.25) is 0 Å². The molecular formula is C18H23NO4. The van der Waals surface area contributed by atoms with Crippen molar-refractivity contribution in [2.45, 2.75) is 57.3 Å². The lowest BCUT2D eigenvalue weighted by Crippen LogP contribution is -2.55. The van der Waals surface area contributed by atoms with Gasteiger partial charge in [0.25, 0.3) is 5.91 Å². The molecule has 1 N–H and O–H groups in total. The van der Waals surface area contributed by atoms with Crippen molar-refractivity contribution in [1.82, 2.24) is 0 Å². The number of aliphatic hydroxyl groups is 1. The Hall–Kier alpha value is -1.72. The topological polar surface area (TPSA) is 66.8 Å². The normalized spacial score (nSPS) is 29.7. The number of amides is 1. The number of carbonyl (C=O) groups excluding carboxylic acids is 2. The smallest absolute Gasteiger partial charge is 0.266 e. The number of ether oxygens (including phenoxy) is 1. The minimum absolute atomic E-state index is 0.0129. The van der Waals surface area contributed by atoms with Crippen LogP contribution in [0.15, 0.2) is 24.3 Å². The summed E-state index contributed by atoms with van der Waals surface area (Å²) in [4.78, 5) is 26.7. The number of hydrogen-bond donors (Lipinski definition) is 1. The summed E-state index contributed by atoms with van der Waals surface area (Å²) < 4.78 is 5.97. The maximum atomic E-state index is 13.0. The summed E-state index contributed by atoms with van der Waals surface area (Å²) in [5, 5.41) is 11.3. The molecule has 0 bridgehead atoms. The second-order valence-corrected chi connectivity index (χ2v) is 7.03. The van der Waals surface area contributed by atoms with Crippen LogP contribution in [-0.2, 0) is 19.9 Å². The standard InChI is InChI=1S/C18H23NO4/c1-4-9-19-14-8-6-5-7-13(14)18(22,16(19)21)15-10-12(20)11-17(2,3)23-15/h5-8,15,22H,4,9-11H2,1-3H3/t15-,18-/m0/s1. The molecule has 0 aliphatic carbocycles. The Morgan fingerprint density at radius 2 is 2.00 bits per heavy atom. The van der Waals surface area contributed by atoms with Crippen molar-refractivity contribution in [2.24, 2.45) is 0 Å². The van der Waals surface area contributed by atoms with Crippen molar-refractivity contribution in [3.63, 3.8) is 0 Å². The monoisotopic (exact) mass is 317 g/mol. The quantitative estimate of drug-likeness (QED) is 0.927. The fourth-order valence-electron chi connectivity index (χ4n) is 3.67. The molecule has 0 spiro atoms. The van der Waals surface area contributed by atoms with Gasteiger partial charge in [-0.15, -0.1) is 0 Å². The molecule has 2 aliphatic rings. The molecule has 1 aromatic rings. The van der Waals surface area contributed by atoms with Crippen molar-refractivity contribution in [2.75, 3.05) is 11.4 Å². The minimum Gasteiger partial charge on any atom is -0.373 e. The van der Waals surface area contributed by atoms with Gasteiger partial charge in [0.15, 0.2) is 5.60 Å². The number of anilines is 1. The molecule has 0 aromatic heterocycles. The van der Waals surface area contributed by atoms with E-state index in [2.05, 4.69) is 0 Å². The van der Waals surface area contributed by atoms with Gasteiger partial charge in [-0.2, -0.15) is 0 Å². The lowest BCUT2D eigenvalue weighted by molar-refractivity contribution is -0.194. The van der Waals surface area contributed by atoms with E-state index in [0.717, 1.165) is 6.42 Å². The van der Waals surface area contributed by atoms with E-state index in [1.807, 2.05) is 32.9 Å². The zero-order valence-electron chi connectivity index (χ0n) is 13.8. The highest BCUT2D eigenvalue weighted by Gasteiger charge is 2.57. The maximum Gasteiger partial charge on any atom is 0.266 e. The molecular weight excluding hydrogens is 294 g/mol. The highest BCUT2D eigenvalue weighted by Crippen LogP contribution is 2.46. The van der Waals surface area contributed by atoms with Gasteiger partial charge >= 0.3 is 0 Å². The van der Waals surface area contributed by atoms with Gasteiger partial charge in [0.2, 0.25) is 0 Å². The molecule has 0 radical (unpaired) electrons. The van der Waals surface area contributed by atoms with Gasteiger partial charge in [0, 0.05) is 24.9 Å². The molecule has 124 valence electrons. The predicted molar refractivity (Wildman–Crippen MR) is 86.2 cm³/mol. The van der Waals surface area contributed by atoms with Crippen LogP contribution in [0.3, 0.4) is 0 Å². The van der Waals surface area contributed by atoms with Crippen LogP contribution in [-0.4, -0.2) is 35.0 Å². The van der Waals surface area contributed by atoms with Crippen LogP contribution in [0.25, 0.3) is 0 Å². The molecule has 1 fully saturated rings. The van der Waals surface area contributed by atoms with Gasteiger partial charge < -0.3 is 14.7 Å². The van der Waals surface area contributed by atoms with E-state index in [-0.39, 0.29) is 12.2 Å². The Bertz CT molecular complexity index is 654. The van der Waals surface area contributed by atoms with Crippen molar-refractivity contribution in [3.05, 3.63) is 29.8 Å². The molecule has 0 saturated carbocycles. The van der Waals surface area contributed by atoms with E-state index in [0.29, 0.717) is 24.2 Å². The maximum absolute atomic E-state index is 13.0. The van der Waals surface area contributed by atoms with Crippen LogP contribution < -0.4 is 4.90 Å². The van der Waals surface area contributed by atoms with Crippen molar-refractivity contribution in [1.29, 1.82) is 0 Å². The number of para-hydroxylation sites is 1. The largest absolute Gasteiger partial charge is 0.373 e. The van der Waals surface area contributed by atoms with Gasteiger partial charge in [-0.3, -0.25) is 9.59 Å². The number of Topliss-reactive ketones (excluding diaryl/α,β-unsaturated/α-hetero) is 1. The summed E-state index contributed by atoms with van der Waals surface area (Å²) in [5.41, 5.74) is -1.22. The number of carbonyl (C=O) groups is 2. The number of nitrogens with zero attached hydrogens (tertiary/aromatic N) is 1. The summed E-state index contributed by atoms with van der Waals surface area (Å²) in [6.07, 6.45) is 0.287. The number of fused-ring (bicyclic) bond motifs is 1. The minimum atomic E-state index is -1.79. The van der Waals surface area contributed by atoms with Gasteiger partial charge in [-0.25, -0.2) is 0 Å². The number of rotatable bonds is 3. The Balaban J connectivity index is 2.06. The van der Waals surface area contributed by atoms with Crippen LogP contribution in [0.1, 0.15) is 45.6 Å². The Labute approximate surface area is 136 Å². The van der Waals surface area contributed by atoms with E-state index in [9.17, 15) is 14.7 Å². The average molecular weight is 317 g/mol. The molecule has 5 nitrogen and oxygen atoms in total. The number of benzene rings is 1. The fourth-order valence-corrected chi connectivity index (χ4v) is 3.67. The third-order valence-corrected chi connectivity index (χ3v) is 4.59. The van der Waals surface area contributed by atoms with E-state index >= 15 is 0 Å². The van der Waals surface area contributed by atoms with Crippen molar-refractivity contribution in [3.8, 4) is 0 Å². The number of ketones is 1. The third-order valence-electron chi connectivity index (χ3n) is 4.59. The van der Waals surface area contributed by atoms with Gasteiger partial charge in [0.1, 0.15) is 11.9 Å².